The monoisotopic (exact) mass is 189 g/mol. The maximum Gasteiger partial charge on any atom is 0.325 e. The predicted octanol–water partition coefficient (Wildman–Crippen LogP) is 0.928. The first-order chi connectivity index (χ1) is 6.75. The Labute approximate surface area is 81.2 Å². The quantitative estimate of drug-likeness (QED) is 0.764. The van der Waals surface area contributed by atoms with Crippen LogP contribution in [0.4, 0.5) is 0 Å². The molecule has 72 valence electrons. The Morgan fingerprint density at radius 1 is 1.50 bits per heavy atom. The van der Waals surface area contributed by atoms with E-state index in [1.165, 1.54) is 0 Å². The summed E-state index contributed by atoms with van der Waals surface area (Å²) in [6.07, 6.45) is 3.34. The third kappa shape index (κ3) is 1.74. The molecule has 1 N–H and O–H groups in total. The number of aryl methyl sites for hydroxylation is 1. The molecule has 0 bridgehead atoms. The van der Waals surface area contributed by atoms with Gasteiger partial charge in [0.15, 0.2) is 0 Å². The van der Waals surface area contributed by atoms with Gasteiger partial charge < -0.3 is 4.98 Å². The van der Waals surface area contributed by atoms with Crippen LogP contribution in [0, 0.1) is 6.92 Å². The molecule has 4 heteroatoms. The summed E-state index contributed by atoms with van der Waals surface area (Å²) >= 11 is 0. The van der Waals surface area contributed by atoms with E-state index in [1.54, 1.807) is 17.0 Å². The maximum atomic E-state index is 11.2. The molecule has 2 aromatic rings. The normalized spacial score (nSPS) is 10.4. The van der Waals surface area contributed by atoms with Crippen molar-refractivity contribution in [1.29, 1.82) is 0 Å². The molecule has 0 aliphatic carbocycles. The van der Waals surface area contributed by atoms with Crippen LogP contribution in [0.25, 0.3) is 0 Å². The Balaban J connectivity index is 2.27. The highest BCUT2D eigenvalue weighted by atomic mass is 16.1. The highest BCUT2D eigenvalue weighted by molar-refractivity contribution is 5.10. The van der Waals surface area contributed by atoms with Gasteiger partial charge in [-0.2, -0.15) is 0 Å². The topological polar surface area (TPSA) is 50.7 Å². The largest absolute Gasteiger partial charge is 0.325 e. The zero-order valence-electron chi connectivity index (χ0n) is 7.90. The van der Waals surface area contributed by atoms with Gasteiger partial charge in [0, 0.05) is 18.1 Å². The number of nitrogens with one attached hydrogen (secondary N) is 1. The van der Waals surface area contributed by atoms with Gasteiger partial charge in [0.25, 0.3) is 0 Å². The molecule has 2 heterocycles. The fourth-order valence-corrected chi connectivity index (χ4v) is 1.34. The fourth-order valence-electron chi connectivity index (χ4n) is 1.34. The molecule has 4 nitrogen and oxygen atoms in total. The number of rotatable bonds is 2. The number of imidazole rings is 1. The summed E-state index contributed by atoms with van der Waals surface area (Å²) in [6, 6.07) is 5.78. The van der Waals surface area contributed by atoms with Gasteiger partial charge in [0.2, 0.25) is 0 Å². The van der Waals surface area contributed by atoms with Crippen molar-refractivity contribution in [2.45, 2.75) is 13.5 Å². The van der Waals surface area contributed by atoms with Gasteiger partial charge in [0.05, 0.1) is 12.2 Å². The molecule has 0 spiro atoms. The summed E-state index contributed by atoms with van der Waals surface area (Å²) < 4.78 is 1.59. The van der Waals surface area contributed by atoms with Crippen LogP contribution in [0.15, 0.2) is 35.4 Å². The second kappa shape index (κ2) is 3.49. The minimum atomic E-state index is -0.103. The van der Waals surface area contributed by atoms with Crippen molar-refractivity contribution in [2.75, 3.05) is 0 Å². The molecule has 0 aliphatic heterocycles. The summed E-state index contributed by atoms with van der Waals surface area (Å²) in [5, 5.41) is 0. The Morgan fingerprint density at radius 3 is 3.00 bits per heavy atom. The van der Waals surface area contributed by atoms with Gasteiger partial charge in [-0.25, -0.2) is 4.79 Å². The first-order valence-corrected chi connectivity index (χ1v) is 4.42. The molecule has 0 radical (unpaired) electrons. The minimum Gasteiger partial charge on any atom is -0.313 e. The van der Waals surface area contributed by atoms with Gasteiger partial charge in [-0.05, 0) is 19.1 Å². The van der Waals surface area contributed by atoms with Crippen molar-refractivity contribution in [1.82, 2.24) is 14.5 Å². The molecule has 14 heavy (non-hydrogen) atoms. The van der Waals surface area contributed by atoms with E-state index in [9.17, 15) is 4.79 Å². The van der Waals surface area contributed by atoms with E-state index in [4.69, 9.17) is 0 Å². The van der Waals surface area contributed by atoms with Gasteiger partial charge in [-0.1, -0.05) is 6.07 Å². The summed E-state index contributed by atoms with van der Waals surface area (Å²) in [4.78, 5) is 18.1. The highest BCUT2D eigenvalue weighted by Crippen LogP contribution is 1.99. The lowest BCUT2D eigenvalue weighted by Crippen LogP contribution is -2.17. The molecule has 0 saturated carbocycles. The first-order valence-electron chi connectivity index (χ1n) is 4.42. The van der Waals surface area contributed by atoms with Crippen molar-refractivity contribution in [3.63, 3.8) is 0 Å². The van der Waals surface area contributed by atoms with E-state index in [2.05, 4.69) is 9.97 Å². The third-order valence-electron chi connectivity index (χ3n) is 2.00. The van der Waals surface area contributed by atoms with E-state index >= 15 is 0 Å². The second-order valence-corrected chi connectivity index (χ2v) is 3.16. The first kappa shape index (κ1) is 8.74. The Hall–Kier alpha value is -1.84. The number of H-pyrrole nitrogens is 1. The number of hydrogen-bond donors (Lipinski definition) is 1. The van der Waals surface area contributed by atoms with Crippen molar-refractivity contribution in [3.8, 4) is 0 Å². The van der Waals surface area contributed by atoms with E-state index in [1.807, 2.05) is 25.1 Å². The van der Waals surface area contributed by atoms with Crippen LogP contribution in [0.1, 0.15) is 11.4 Å². The van der Waals surface area contributed by atoms with Gasteiger partial charge in [-0.3, -0.25) is 9.55 Å². The number of nitrogens with zero attached hydrogens (tertiary/aromatic N) is 2. The molecule has 0 fully saturated rings. The number of pyridine rings is 1. The van der Waals surface area contributed by atoms with E-state index in [-0.39, 0.29) is 5.69 Å². The lowest BCUT2D eigenvalue weighted by atomic mass is 10.3. The lowest BCUT2D eigenvalue weighted by molar-refractivity contribution is 0.739. The molecule has 0 unspecified atom stereocenters. The van der Waals surface area contributed by atoms with Gasteiger partial charge >= 0.3 is 5.69 Å². The zero-order chi connectivity index (χ0) is 9.97. The van der Waals surface area contributed by atoms with Crippen LogP contribution in [0.3, 0.4) is 0 Å². The van der Waals surface area contributed by atoms with E-state index in [0.29, 0.717) is 6.54 Å². The van der Waals surface area contributed by atoms with Crippen LogP contribution < -0.4 is 5.69 Å². The smallest absolute Gasteiger partial charge is 0.313 e. The molecule has 0 saturated heterocycles. The molecular weight excluding hydrogens is 178 g/mol. The van der Waals surface area contributed by atoms with Crippen molar-refractivity contribution < 1.29 is 0 Å². The third-order valence-corrected chi connectivity index (χ3v) is 2.00. The Morgan fingerprint density at radius 2 is 2.36 bits per heavy atom. The molecule has 0 aromatic carbocycles. The van der Waals surface area contributed by atoms with Crippen LogP contribution in [0.5, 0.6) is 0 Å². The lowest BCUT2D eigenvalue weighted by Gasteiger charge is -2.01. The molecule has 0 atom stereocenters. The Bertz CT molecular complexity index is 484. The SMILES string of the molecule is Cc1cccc(Cn2cc[nH]c2=O)n1. The number of aromatic nitrogens is 3. The summed E-state index contributed by atoms with van der Waals surface area (Å²) in [6.45, 7) is 2.45. The molecule has 0 amide bonds. The second-order valence-electron chi connectivity index (χ2n) is 3.16. The molecule has 2 rings (SSSR count). The predicted molar refractivity (Wildman–Crippen MR) is 53.1 cm³/mol. The van der Waals surface area contributed by atoms with Crippen molar-refractivity contribution >= 4 is 0 Å². The average Bonchev–Trinajstić information content (AvgIpc) is 2.52. The zero-order valence-corrected chi connectivity index (χ0v) is 7.90. The standard InChI is InChI=1S/C10H11N3O/c1-8-3-2-4-9(12-8)7-13-6-5-11-10(13)14/h2-6H,7H2,1H3,(H,11,14). The van der Waals surface area contributed by atoms with Crippen molar-refractivity contribution in [2.24, 2.45) is 0 Å². The number of hydrogen-bond acceptors (Lipinski definition) is 2. The van der Waals surface area contributed by atoms with Crippen molar-refractivity contribution in [3.05, 3.63) is 52.5 Å². The maximum absolute atomic E-state index is 11.2. The van der Waals surface area contributed by atoms with Gasteiger partial charge in [-0.15, -0.1) is 0 Å². The van der Waals surface area contributed by atoms with E-state index in [0.717, 1.165) is 11.4 Å². The molecule has 0 aliphatic rings. The highest BCUT2D eigenvalue weighted by Gasteiger charge is 1.98. The summed E-state index contributed by atoms with van der Waals surface area (Å²) in [5.74, 6) is 0. The van der Waals surface area contributed by atoms with Crippen LogP contribution in [-0.4, -0.2) is 14.5 Å². The minimum absolute atomic E-state index is 0.103. The Kier molecular flexibility index (Phi) is 2.18. The van der Waals surface area contributed by atoms with Gasteiger partial charge in [0.1, 0.15) is 0 Å². The molecule has 2 aromatic heterocycles. The van der Waals surface area contributed by atoms with Crippen LogP contribution in [0.2, 0.25) is 0 Å². The number of aromatic amines is 1. The summed E-state index contributed by atoms with van der Waals surface area (Å²) in [5.41, 5.74) is 1.76. The summed E-state index contributed by atoms with van der Waals surface area (Å²) in [7, 11) is 0. The average molecular weight is 189 g/mol. The van der Waals surface area contributed by atoms with Crippen LogP contribution >= 0.6 is 0 Å². The van der Waals surface area contributed by atoms with E-state index < -0.39 is 0 Å². The van der Waals surface area contributed by atoms with Crippen LogP contribution in [-0.2, 0) is 6.54 Å². The fraction of sp³-hybridized carbons (Fsp3) is 0.200. The molecular formula is C10H11N3O.